The van der Waals surface area contributed by atoms with Gasteiger partial charge in [0.05, 0.1) is 0 Å². The van der Waals surface area contributed by atoms with Crippen LogP contribution in [-0.4, -0.2) is 30.1 Å². The van der Waals surface area contributed by atoms with Gasteiger partial charge in [0.1, 0.15) is 5.82 Å². The predicted octanol–water partition coefficient (Wildman–Crippen LogP) is 3.67. The first-order chi connectivity index (χ1) is 9.77. The molecule has 1 aromatic rings. The second kappa shape index (κ2) is 6.45. The molecule has 1 aromatic carbocycles. The maximum atomic E-state index is 13.1. The zero-order valence-electron chi connectivity index (χ0n) is 14.0. The van der Waals surface area contributed by atoms with Crippen LogP contribution in [0.4, 0.5) is 4.39 Å². The molecular formula is C18H29FN2. The Balaban J connectivity index is 2.14. The van der Waals surface area contributed by atoms with Gasteiger partial charge in [0, 0.05) is 31.7 Å². The summed E-state index contributed by atoms with van der Waals surface area (Å²) in [6.45, 7) is 14.4. The molecule has 0 aromatic heterocycles. The van der Waals surface area contributed by atoms with Crippen LogP contribution in [0, 0.1) is 17.2 Å². The van der Waals surface area contributed by atoms with Gasteiger partial charge in [-0.2, -0.15) is 0 Å². The van der Waals surface area contributed by atoms with Crippen LogP contribution in [0.5, 0.6) is 0 Å². The van der Waals surface area contributed by atoms with E-state index in [1.807, 2.05) is 12.1 Å². The second-order valence-electron chi connectivity index (χ2n) is 7.70. The van der Waals surface area contributed by atoms with Gasteiger partial charge in [-0.15, -0.1) is 0 Å². The summed E-state index contributed by atoms with van der Waals surface area (Å²) in [5.74, 6) is 0.466. The number of hydrogen-bond acceptors (Lipinski definition) is 2. The molecule has 1 N–H and O–H groups in total. The lowest BCUT2D eigenvalue weighted by Gasteiger charge is -2.47. The highest BCUT2D eigenvalue weighted by Crippen LogP contribution is 2.28. The quantitative estimate of drug-likeness (QED) is 0.914. The van der Waals surface area contributed by atoms with Crippen molar-refractivity contribution in [3.63, 3.8) is 0 Å². The second-order valence-corrected chi connectivity index (χ2v) is 7.70. The SMILES string of the molecule is CC(C)C1CN(Cc2ccc(F)cc2)C(C(C)(C)C)CN1. The Morgan fingerprint density at radius 2 is 1.86 bits per heavy atom. The van der Waals surface area contributed by atoms with Crippen LogP contribution in [0.2, 0.25) is 0 Å². The van der Waals surface area contributed by atoms with Gasteiger partial charge in [0.2, 0.25) is 0 Å². The molecule has 0 amide bonds. The third-order valence-corrected chi connectivity index (χ3v) is 4.55. The summed E-state index contributed by atoms with van der Waals surface area (Å²) in [6.07, 6.45) is 0. The monoisotopic (exact) mass is 292 g/mol. The fourth-order valence-electron chi connectivity index (χ4n) is 3.14. The maximum absolute atomic E-state index is 13.1. The fourth-order valence-corrected chi connectivity index (χ4v) is 3.14. The smallest absolute Gasteiger partial charge is 0.123 e. The van der Waals surface area contributed by atoms with Crippen molar-refractivity contribution in [1.82, 2.24) is 10.2 Å². The number of rotatable bonds is 3. The Hall–Kier alpha value is -0.930. The number of nitrogens with one attached hydrogen (secondary N) is 1. The zero-order valence-corrected chi connectivity index (χ0v) is 14.0. The summed E-state index contributed by atoms with van der Waals surface area (Å²) in [7, 11) is 0. The average Bonchev–Trinajstić information content (AvgIpc) is 2.40. The van der Waals surface area contributed by atoms with Crippen molar-refractivity contribution in [2.75, 3.05) is 13.1 Å². The van der Waals surface area contributed by atoms with Crippen LogP contribution < -0.4 is 5.32 Å². The van der Waals surface area contributed by atoms with Crippen molar-refractivity contribution in [1.29, 1.82) is 0 Å². The van der Waals surface area contributed by atoms with E-state index in [1.54, 1.807) is 12.1 Å². The van der Waals surface area contributed by atoms with Gasteiger partial charge in [-0.25, -0.2) is 4.39 Å². The molecule has 1 heterocycles. The number of hydrogen-bond donors (Lipinski definition) is 1. The standard InChI is InChI=1S/C18H29FN2/c1-13(2)16-12-21(17(10-20-16)18(3,4)5)11-14-6-8-15(19)9-7-14/h6-9,13,16-17,20H,10-12H2,1-5H3. The van der Waals surface area contributed by atoms with Crippen LogP contribution >= 0.6 is 0 Å². The lowest BCUT2D eigenvalue weighted by molar-refractivity contribution is 0.0400. The molecule has 2 unspecified atom stereocenters. The average molecular weight is 292 g/mol. The zero-order chi connectivity index (χ0) is 15.6. The van der Waals surface area contributed by atoms with Crippen molar-refractivity contribution < 1.29 is 4.39 Å². The molecule has 3 heteroatoms. The molecule has 1 fully saturated rings. The van der Waals surface area contributed by atoms with Crippen molar-refractivity contribution in [3.8, 4) is 0 Å². The third kappa shape index (κ3) is 4.27. The highest BCUT2D eigenvalue weighted by Gasteiger charge is 2.36. The number of nitrogens with zero attached hydrogens (tertiary/aromatic N) is 1. The molecule has 0 radical (unpaired) electrons. The van der Waals surface area contributed by atoms with Gasteiger partial charge in [-0.3, -0.25) is 4.90 Å². The predicted molar refractivity (Wildman–Crippen MR) is 86.7 cm³/mol. The van der Waals surface area contributed by atoms with Gasteiger partial charge >= 0.3 is 0 Å². The van der Waals surface area contributed by atoms with E-state index in [0.29, 0.717) is 18.0 Å². The van der Waals surface area contributed by atoms with Gasteiger partial charge < -0.3 is 5.32 Å². The first-order valence-corrected chi connectivity index (χ1v) is 7.99. The molecule has 2 nitrogen and oxygen atoms in total. The number of piperazine rings is 1. The highest BCUT2D eigenvalue weighted by atomic mass is 19.1. The molecule has 1 aliphatic heterocycles. The third-order valence-electron chi connectivity index (χ3n) is 4.55. The van der Waals surface area contributed by atoms with Crippen LogP contribution in [0.25, 0.3) is 0 Å². The first kappa shape index (κ1) is 16.4. The topological polar surface area (TPSA) is 15.3 Å². The Morgan fingerprint density at radius 1 is 1.24 bits per heavy atom. The molecular weight excluding hydrogens is 263 g/mol. The Labute approximate surface area is 128 Å². The lowest BCUT2D eigenvalue weighted by atomic mass is 9.82. The molecule has 0 aliphatic carbocycles. The molecule has 1 saturated heterocycles. The number of benzene rings is 1. The van der Waals surface area contributed by atoms with Crippen molar-refractivity contribution in [2.45, 2.75) is 53.2 Å². The minimum Gasteiger partial charge on any atom is -0.311 e. The Kier molecular flexibility index (Phi) is 5.05. The van der Waals surface area contributed by atoms with Gasteiger partial charge in [-0.05, 0) is 29.0 Å². The van der Waals surface area contributed by atoms with Crippen molar-refractivity contribution in [3.05, 3.63) is 35.6 Å². The number of halogens is 1. The van der Waals surface area contributed by atoms with Crippen LogP contribution in [0.1, 0.15) is 40.2 Å². The van der Waals surface area contributed by atoms with E-state index >= 15 is 0 Å². The van der Waals surface area contributed by atoms with E-state index in [-0.39, 0.29) is 11.2 Å². The van der Waals surface area contributed by atoms with Gasteiger partial charge in [-0.1, -0.05) is 46.8 Å². The van der Waals surface area contributed by atoms with E-state index in [1.165, 1.54) is 5.56 Å². The fraction of sp³-hybridized carbons (Fsp3) is 0.667. The highest BCUT2D eigenvalue weighted by molar-refractivity contribution is 5.16. The Bertz CT molecular complexity index is 447. The van der Waals surface area contributed by atoms with E-state index in [4.69, 9.17) is 0 Å². The van der Waals surface area contributed by atoms with E-state index in [0.717, 1.165) is 19.6 Å². The van der Waals surface area contributed by atoms with Crippen molar-refractivity contribution >= 4 is 0 Å². The maximum Gasteiger partial charge on any atom is 0.123 e. The lowest BCUT2D eigenvalue weighted by Crippen LogP contribution is -2.61. The normalized spacial score (nSPS) is 24.5. The summed E-state index contributed by atoms with van der Waals surface area (Å²) in [5.41, 5.74) is 1.42. The van der Waals surface area contributed by atoms with Crippen LogP contribution in [0.15, 0.2) is 24.3 Å². The molecule has 0 saturated carbocycles. The summed E-state index contributed by atoms with van der Waals surface area (Å²) >= 11 is 0. The van der Waals surface area contributed by atoms with Gasteiger partial charge in [0.25, 0.3) is 0 Å². The minimum atomic E-state index is -0.161. The Morgan fingerprint density at radius 3 is 2.38 bits per heavy atom. The molecule has 21 heavy (non-hydrogen) atoms. The van der Waals surface area contributed by atoms with Crippen LogP contribution in [-0.2, 0) is 6.54 Å². The molecule has 118 valence electrons. The molecule has 2 atom stereocenters. The molecule has 1 aliphatic rings. The molecule has 0 spiro atoms. The summed E-state index contributed by atoms with van der Waals surface area (Å²) in [5, 5.41) is 3.70. The van der Waals surface area contributed by atoms with E-state index in [2.05, 4.69) is 44.8 Å². The minimum absolute atomic E-state index is 0.161. The first-order valence-electron chi connectivity index (χ1n) is 7.99. The summed E-state index contributed by atoms with van der Waals surface area (Å²) in [6, 6.07) is 7.96. The molecule has 0 bridgehead atoms. The summed E-state index contributed by atoms with van der Waals surface area (Å²) < 4.78 is 13.1. The van der Waals surface area contributed by atoms with Crippen molar-refractivity contribution in [2.24, 2.45) is 11.3 Å². The molecule has 2 rings (SSSR count). The summed E-state index contributed by atoms with van der Waals surface area (Å²) in [4.78, 5) is 2.56. The largest absolute Gasteiger partial charge is 0.311 e. The van der Waals surface area contributed by atoms with E-state index in [9.17, 15) is 4.39 Å². The van der Waals surface area contributed by atoms with E-state index < -0.39 is 0 Å². The van der Waals surface area contributed by atoms with Gasteiger partial charge in [0.15, 0.2) is 0 Å². The van der Waals surface area contributed by atoms with Crippen LogP contribution in [0.3, 0.4) is 0 Å².